The van der Waals surface area contributed by atoms with Gasteiger partial charge in [0.1, 0.15) is 12.1 Å². The van der Waals surface area contributed by atoms with Gasteiger partial charge < -0.3 is 15.2 Å². The van der Waals surface area contributed by atoms with E-state index in [1.54, 1.807) is 22.9 Å². The lowest BCUT2D eigenvalue weighted by atomic mass is 9.80. The molecule has 3 aromatic rings. The molecule has 1 heterocycles. The van der Waals surface area contributed by atoms with Crippen LogP contribution in [0.3, 0.4) is 0 Å². The normalized spacial score (nSPS) is 20.6. The number of carboxylic acids is 1. The number of halogens is 3. The minimum atomic E-state index is -4.76. The van der Waals surface area contributed by atoms with Crippen LogP contribution < -0.4 is 14.8 Å². The van der Waals surface area contributed by atoms with Crippen molar-refractivity contribution in [2.24, 2.45) is 5.92 Å². The SMILES string of the molecule is C[C@H](NS(=O)(=O)c1ccc(-c2sc(C(=O)N[C@H]3C[C@H](C(=O)O)C3)nc2OC2CCCCC2)c2ccccc12)C(F)(F)F. The number of carbonyl (C=O) groups excluding carboxylic acids is 1. The van der Waals surface area contributed by atoms with Gasteiger partial charge in [0.05, 0.1) is 15.7 Å². The highest BCUT2D eigenvalue weighted by molar-refractivity contribution is 7.89. The largest absolute Gasteiger partial charge is 0.481 e. The topological polar surface area (TPSA) is 135 Å². The lowest BCUT2D eigenvalue weighted by Gasteiger charge is -2.32. The van der Waals surface area contributed by atoms with Crippen LogP contribution in [0.25, 0.3) is 21.2 Å². The van der Waals surface area contributed by atoms with Gasteiger partial charge in [-0.05, 0) is 56.9 Å². The highest BCUT2D eigenvalue weighted by Gasteiger charge is 2.39. The molecule has 5 rings (SSSR count). The van der Waals surface area contributed by atoms with Crippen LogP contribution in [-0.4, -0.2) is 54.7 Å². The Morgan fingerprint density at radius 1 is 1.07 bits per heavy atom. The monoisotopic (exact) mass is 625 g/mol. The molecule has 9 nitrogen and oxygen atoms in total. The summed E-state index contributed by atoms with van der Waals surface area (Å²) in [5, 5.41) is 12.7. The van der Waals surface area contributed by atoms with Crippen molar-refractivity contribution in [3.8, 4) is 16.3 Å². The minimum absolute atomic E-state index is 0.107. The van der Waals surface area contributed by atoms with Crippen LogP contribution in [0.4, 0.5) is 13.2 Å². The summed E-state index contributed by atoms with van der Waals surface area (Å²) in [4.78, 5) is 28.9. The quantitative estimate of drug-likeness (QED) is 0.286. The number of sulfonamides is 1. The summed E-state index contributed by atoms with van der Waals surface area (Å²) in [6.45, 7) is 0.734. The highest BCUT2D eigenvalue weighted by Crippen LogP contribution is 2.42. The van der Waals surface area contributed by atoms with E-state index in [1.165, 1.54) is 18.2 Å². The molecular weight excluding hydrogens is 595 g/mol. The maximum atomic E-state index is 13.2. The van der Waals surface area contributed by atoms with Crippen LogP contribution in [0.15, 0.2) is 41.3 Å². The number of hydrogen-bond acceptors (Lipinski definition) is 7. The van der Waals surface area contributed by atoms with Gasteiger partial charge in [-0.25, -0.2) is 8.42 Å². The van der Waals surface area contributed by atoms with Gasteiger partial charge in [-0.15, -0.1) is 11.3 Å². The van der Waals surface area contributed by atoms with Gasteiger partial charge in [0.15, 0.2) is 5.01 Å². The van der Waals surface area contributed by atoms with Crippen LogP contribution in [0.5, 0.6) is 5.88 Å². The van der Waals surface area contributed by atoms with Crippen molar-refractivity contribution in [3.63, 3.8) is 0 Å². The van der Waals surface area contributed by atoms with E-state index >= 15 is 0 Å². The Balaban J connectivity index is 1.52. The third-order valence-electron chi connectivity index (χ3n) is 7.68. The number of rotatable bonds is 9. The number of carbonyl (C=O) groups is 2. The summed E-state index contributed by atoms with van der Waals surface area (Å²) in [7, 11) is -4.55. The number of hydrogen-bond donors (Lipinski definition) is 3. The number of alkyl halides is 3. The van der Waals surface area contributed by atoms with Gasteiger partial charge in [-0.1, -0.05) is 36.8 Å². The minimum Gasteiger partial charge on any atom is -0.481 e. The van der Waals surface area contributed by atoms with Crippen molar-refractivity contribution in [3.05, 3.63) is 41.4 Å². The number of nitrogens with one attached hydrogen (secondary N) is 2. The number of thiazole rings is 1. The number of aromatic nitrogens is 1. The average molecular weight is 626 g/mol. The predicted molar refractivity (Wildman–Crippen MR) is 150 cm³/mol. The van der Waals surface area contributed by atoms with Crippen molar-refractivity contribution < 1.29 is 41.0 Å². The Bertz CT molecular complexity index is 1600. The van der Waals surface area contributed by atoms with E-state index in [0.29, 0.717) is 28.7 Å². The summed E-state index contributed by atoms with van der Waals surface area (Å²) in [5.41, 5.74) is 0.519. The number of amides is 1. The lowest BCUT2D eigenvalue weighted by Crippen LogP contribution is -2.46. The molecule has 1 atom stereocenters. The number of nitrogens with zero attached hydrogens (tertiary/aromatic N) is 1. The molecule has 0 spiro atoms. The van der Waals surface area contributed by atoms with E-state index in [0.717, 1.165) is 50.4 Å². The van der Waals surface area contributed by atoms with Crippen LogP contribution >= 0.6 is 11.3 Å². The summed E-state index contributed by atoms with van der Waals surface area (Å²) in [6.07, 6.45) is 0.484. The Hall–Kier alpha value is -3.23. The third-order valence-corrected chi connectivity index (χ3v) is 10.4. The first-order valence-electron chi connectivity index (χ1n) is 13.7. The van der Waals surface area contributed by atoms with Crippen LogP contribution in [-0.2, 0) is 14.8 Å². The third kappa shape index (κ3) is 6.40. The summed E-state index contributed by atoms with van der Waals surface area (Å²) in [6, 6.07) is 6.59. The molecular formula is C28H30F3N3O6S2. The molecule has 2 saturated carbocycles. The van der Waals surface area contributed by atoms with E-state index in [-0.39, 0.29) is 33.3 Å². The molecule has 0 aliphatic heterocycles. The molecule has 3 N–H and O–H groups in total. The van der Waals surface area contributed by atoms with E-state index < -0.39 is 40.0 Å². The number of carboxylic acid groups (broad SMARTS) is 1. The zero-order valence-corrected chi connectivity index (χ0v) is 24.2. The van der Waals surface area contributed by atoms with Crippen LogP contribution in [0.1, 0.15) is 61.7 Å². The molecule has 2 aliphatic rings. The van der Waals surface area contributed by atoms with Gasteiger partial charge in [-0.2, -0.15) is 22.9 Å². The molecule has 1 amide bonds. The fourth-order valence-electron chi connectivity index (χ4n) is 5.25. The predicted octanol–water partition coefficient (Wildman–Crippen LogP) is 5.50. The standard InChI is InChI=1S/C28H30F3N3O6S2/c1-15(28(29,30)31)34-42(38,39)22-12-11-21(19-9-5-6-10-20(19)22)23-25(40-18-7-3-2-4-8-18)33-26(41-23)24(35)32-17-13-16(14-17)27(36)37/h5-6,9-12,15-18,34H,2-4,7-8,13-14H2,1H3,(H,32,35)(H,36,37)/t15-,16-,17-/m0/s1. The summed E-state index contributed by atoms with van der Waals surface area (Å²) < 4.78 is 73.5. The first-order valence-corrected chi connectivity index (χ1v) is 16.0. The zero-order chi connectivity index (χ0) is 30.2. The lowest BCUT2D eigenvalue weighted by molar-refractivity contribution is -0.147. The van der Waals surface area contributed by atoms with E-state index in [2.05, 4.69) is 10.3 Å². The van der Waals surface area contributed by atoms with E-state index in [9.17, 15) is 31.2 Å². The molecule has 0 bridgehead atoms. The fourth-order valence-corrected chi connectivity index (χ4v) is 7.63. The molecule has 2 aliphatic carbocycles. The van der Waals surface area contributed by atoms with Crippen LogP contribution in [0, 0.1) is 5.92 Å². The summed E-state index contributed by atoms with van der Waals surface area (Å²) >= 11 is 1.06. The number of ether oxygens (including phenoxy) is 1. The number of aliphatic carboxylic acids is 1. The van der Waals surface area contributed by atoms with E-state index in [4.69, 9.17) is 9.84 Å². The Morgan fingerprint density at radius 2 is 1.74 bits per heavy atom. The number of benzene rings is 2. The van der Waals surface area contributed by atoms with Gasteiger partial charge in [0.25, 0.3) is 5.91 Å². The second-order valence-electron chi connectivity index (χ2n) is 10.7. The van der Waals surface area contributed by atoms with Gasteiger partial charge in [0, 0.05) is 17.0 Å². The van der Waals surface area contributed by atoms with Gasteiger partial charge >= 0.3 is 12.1 Å². The fraction of sp³-hybridized carbons (Fsp3) is 0.464. The van der Waals surface area contributed by atoms with E-state index in [1.807, 2.05) is 0 Å². The number of fused-ring (bicyclic) bond motifs is 1. The summed E-state index contributed by atoms with van der Waals surface area (Å²) in [5.74, 6) is -1.65. The molecule has 0 radical (unpaired) electrons. The molecule has 2 fully saturated rings. The first kappa shape index (κ1) is 30.2. The maximum Gasteiger partial charge on any atom is 0.404 e. The first-order chi connectivity index (χ1) is 19.8. The Morgan fingerprint density at radius 3 is 2.38 bits per heavy atom. The molecule has 2 aromatic carbocycles. The Kier molecular flexibility index (Phi) is 8.50. The van der Waals surface area contributed by atoms with Crippen molar-refractivity contribution in [1.29, 1.82) is 0 Å². The molecule has 14 heteroatoms. The molecule has 1 aromatic heterocycles. The molecule has 0 unspecified atom stereocenters. The average Bonchev–Trinajstić information content (AvgIpc) is 3.32. The van der Waals surface area contributed by atoms with Crippen molar-refractivity contribution in [1.82, 2.24) is 15.0 Å². The van der Waals surface area contributed by atoms with Crippen molar-refractivity contribution >= 4 is 44.0 Å². The molecule has 0 saturated heterocycles. The second-order valence-corrected chi connectivity index (χ2v) is 13.4. The van der Waals surface area contributed by atoms with Gasteiger partial charge in [0.2, 0.25) is 15.9 Å². The smallest absolute Gasteiger partial charge is 0.404 e. The van der Waals surface area contributed by atoms with Crippen LogP contribution in [0.2, 0.25) is 0 Å². The molecule has 42 heavy (non-hydrogen) atoms. The second kappa shape index (κ2) is 11.8. The van der Waals surface area contributed by atoms with Crippen molar-refractivity contribution in [2.75, 3.05) is 0 Å². The maximum absolute atomic E-state index is 13.2. The highest BCUT2D eigenvalue weighted by atomic mass is 32.2. The Labute approximate surface area is 244 Å². The zero-order valence-electron chi connectivity index (χ0n) is 22.6. The molecule has 226 valence electrons. The van der Waals surface area contributed by atoms with Gasteiger partial charge in [-0.3, -0.25) is 9.59 Å². The van der Waals surface area contributed by atoms with Crippen molar-refractivity contribution in [2.45, 2.75) is 81.1 Å².